The average molecular weight is 230 g/mol. The van der Waals surface area contributed by atoms with Gasteiger partial charge in [0.05, 0.1) is 17.4 Å². The third kappa shape index (κ3) is 2.44. The van der Waals surface area contributed by atoms with Gasteiger partial charge in [0.1, 0.15) is 0 Å². The Bertz CT molecular complexity index is 519. The van der Waals surface area contributed by atoms with Crippen LogP contribution in [0.5, 0.6) is 0 Å². The Labute approximate surface area is 99.2 Å². The molecular formula is C12H14N4O. The summed E-state index contributed by atoms with van der Waals surface area (Å²) in [5.41, 5.74) is 3.12. The maximum atomic E-state index is 12.1. The number of benzene rings is 1. The molecule has 5 nitrogen and oxygen atoms in total. The van der Waals surface area contributed by atoms with E-state index in [0.29, 0.717) is 11.3 Å². The first kappa shape index (κ1) is 11.2. The summed E-state index contributed by atoms with van der Waals surface area (Å²) in [5, 5.41) is 12.2. The van der Waals surface area contributed by atoms with Gasteiger partial charge in [-0.05, 0) is 19.1 Å². The number of aryl methyl sites for hydroxylation is 1. The highest BCUT2D eigenvalue weighted by atomic mass is 16.1. The van der Waals surface area contributed by atoms with Crippen molar-refractivity contribution in [2.45, 2.75) is 6.92 Å². The predicted molar refractivity (Wildman–Crippen MR) is 67.3 cm³/mol. The smallest absolute Gasteiger partial charge is 0.257 e. The van der Waals surface area contributed by atoms with Crippen LogP contribution in [0.1, 0.15) is 15.9 Å². The fraction of sp³-hybridized carbons (Fsp3) is 0.167. The molecule has 0 atom stereocenters. The van der Waals surface area contributed by atoms with Crippen molar-refractivity contribution in [2.75, 3.05) is 17.7 Å². The number of amides is 1. The molecule has 0 saturated carbocycles. The number of aromatic amines is 1. The molecule has 2 aromatic rings. The monoisotopic (exact) mass is 230 g/mol. The minimum atomic E-state index is -0.153. The lowest BCUT2D eigenvalue weighted by Crippen LogP contribution is -2.13. The zero-order valence-electron chi connectivity index (χ0n) is 9.74. The molecule has 1 aromatic heterocycles. The molecule has 1 heterocycles. The molecule has 17 heavy (non-hydrogen) atoms. The SMILES string of the molecule is CNc1ccc(C)cc1C(=O)Nc1cn[nH]c1. The second kappa shape index (κ2) is 4.69. The minimum absolute atomic E-state index is 0.153. The number of anilines is 2. The van der Waals surface area contributed by atoms with E-state index in [2.05, 4.69) is 20.8 Å². The average Bonchev–Trinajstić information content (AvgIpc) is 2.81. The Morgan fingerprint density at radius 2 is 2.24 bits per heavy atom. The van der Waals surface area contributed by atoms with Gasteiger partial charge in [-0.3, -0.25) is 9.89 Å². The molecule has 1 amide bonds. The standard InChI is InChI=1S/C12H14N4O/c1-8-3-4-11(13-2)10(5-8)12(17)16-9-6-14-15-7-9/h3-7,13H,1-2H3,(H,14,15)(H,16,17). The van der Waals surface area contributed by atoms with Crippen molar-refractivity contribution >= 4 is 17.3 Å². The van der Waals surface area contributed by atoms with Gasteiger partial charge >= 0.3 is 0 Å². The van der Waals surface area contributed by atoms with Crippen LogP contribution >= 0.6 is 0 Å². The number of nitrogens with zero attached hydrogens (tertiary/aromatic N) is 1. The van der Waals surface area contributed by atoms with Crippen molar-refractivity contribution in [3.8, 4) is 0 Å². The lowest BCUT2D eigenvalue weighted by molar-refractivity contribution is 0.102. The van der Waals surface area contributed by atoms with E-state index in [9.17, 15) is 4.79 Å². The van der Waals surface area contributed by atoms with E-state index in [4.69, 9.17) is 0 Å². The van der Waals surface area contributed by atoms with Gasteiger partial charge < -0.3 is 10.6 Å². The summed E-state index contributed by atoms with van der Waals surface area (Å²) in [6.45, 7) is 1.95. The maximum Gasteiger partial charge on any atom is 0.257 e. The number of carbonyl (C=O) groups excluding carboxylic acids is 1. The third-order valence-electron chi connectivity index (χ3n) is 2.45. The highest BCUT2D eigenvalue weighted by Crippen LogP contribution is 2.18. The second-order valence-corrected chi connectivity index (χ2v) is 3.74. The van der Waals surface area contributed by atoms with Crippen molar-refractivity contribution in [1.29, 1.82) is 0 Å². The molecular weight excluding hydrogens is 216 g/mol. The highest BCUT2D eigenvalue weighted by molar-refractivity contribution is 6.08. The van der Waals surface area contributed by atoms with E-state index in [1.165, 1.54) is 0 Å². The number of nitrogens with one attached hydrogen (secondary N) is 3. The molecule has 0 aliphatic rings. The number of hydrogen-bond acceptors (Lipinski definition) is 3. The number of hydrogen-bond donors (Lipinski definition) is 3. The van der Waals surface area contributed by atoms with E-state index in [-0.39, 0.29) is 5.91 Å². The molecule has 0 radical (unpaired) electrons. The molecule has 0 aliphatic heterocycles. The molecule has 0 aliphatic carbocycles. The van der Waals surface area contributed by atoms with Gasteiger partial charge in [0.25, 0.3) is 5.91 Å². The Kier molecular flexibility index (Phi) is 3.09. The van der Waals surface area contributed by atoms with Gasteiger partial charge in [0.2, 0.25) is 0 Å². The lowest BCUT2D eigenvalue weighted by Gasteiger charge is -2.09. The first-order valence-electron chi connectivity index (χ1n) is 5.29. The van der Waals surface area contributed by atoms with Crippen molar-refractivity contribution < 1.29 is 4.79 Å². The van der Waals surface area contributed by atoms with E-state index in [1.54, 1.807) is 19.4 Å². The summed E-state index contributed by atoms with van der Waals surface area (Å²) in [6.07, 6.45) is 3.19. The topological polar surface area (TPSA) is 69.8 Å². The van der Waals surface area contributed by atoms with Gasteiger partial charge in [-0.1, -0.05) is 11.6 Å². The van der Waals surface area contributed by atoms with Crippen LogP contribution in [0, 0.1) is 6.92 Å². The molecule has 0 saturated heterocycles. The first-order valence-corrected chi connectivity index (χ1v) is 5.29. The van der Waals surface area contributed by atoms with E-state index in [0.717, 1.165) is 11.3 Å². The van der Waals surface area contributed by atoms with Crippen LogP contribution in [0.2, 0.25) is 0 Å². The van der Waals surface area contributed by atoms with E-state index in [1.807, 2.05) is 25.1 Å². The molecule has 5 heteroatoms. The minimum Gasteiger partial charge on any atom is -0.387 e. The van der Waals surface area contributed by atoms with Gasteiger partial charge in [0.15, 0.2) is 0 Å². The summed E-state index contributed by atoms with van der Waals surface area (Å²) in [7, 11) is 1.79. The molecule has 0 fully saturated rings. The molecule has 0 bridgehead atoms. The Morgan fingerprint density at radius 3 is 2.88 bits per heavy atom. The third-order valence-corrected chi connectivity index (χ3v) is 2.45. The van der Waals surface area contributed by atoms with Gasteiger partial charge in [0, 0.05) is 18.9 Å². The molecule has 0 unspecified atom stereocenters. The number of aromatic nitrogens is 2. The fourth-order valence-electron chi connectivity index (χ4n) is 1.58. The van der Waals surface area contributed by atoms with Crippen LogP contribution in [0.4, 0.5) is 11.4 Å². The highest BCUT2D eigenvalue weighted by Gasteiger charge is 2.11. The quantitative estimate of drug-likeness (QED) is 0.755. The molecule has 1 aromatic carbocycles. The normalized spacial score (nSPS) is 10.0. The predicted octanol–water partition coefficient (Wildman–Crippen LogP) is 2.01. The zero-order chi connectivity index (χ0) is 12.3. The maximum absolute atomic E-state index is 12.1. The van der Waals surface area contributed by atoms with Crippen LogP contribution in [-0.2, 0) is 0 Å². The largest absolute Gasteiger partial charge is 0.387 e. The Morgan fingerprint density at radius 1 is 1.41 bits per heavy atom. The Hall–Kier alpha value is -2.30. The molecule has 3 N–H and O–H groups in total. The summed E-state index contributed by atoms with van der Waals surface area (Å²) >= 11 is 0. The van der Waals surface area contributed by atoms with Gasteiger partial charge in [-0.25, -0.2) is 0 Å². The van der Waals surface area contributed by atoms with E-state index < -0.39 is 0 Å². The first-order chi connectivity index (χ1) is 8.20. The fourth-order valence-corrected chi connectivity index (χ4v) is 1.58. The number of rotatable bonds is 3. The van der Waals surface area contributed by atoms with E-state index >= 15 is 0 Å². The van der Waals surface area contributed by atoms with Crippen LogP contribution < -0.4 is 10.6 Å². The zero-order valence-corrected chi connectivity index (χ0v) is 9.74. The van der Waals surface area contributed by atoms with Crippen LogP contribution in [-0.4, -0.2) is 23.2 Å². The summed E-state index contributed by atoms with van der Waals surface area (Å²) in [4.78, 5) is 12.1. The van der Waals surface area contributed by atoms with Crippen LogP contribution in [0.25, 0.3) is 0 Å². The van der Waals surface area contributed by atoms with Gasteiger partial charge in [-0.2, -0.15) is 5.10 Å². The van der Waals surface area contributed by atoms with Crippen molar-refractivity contribution in [1.82, 2.24) is 10.2 Å². The molecule has 88 valence electrons. The molecule has 2 rings (SSSR count). The van der Waals surface area contributed by atoms with Crippen molar-refractivity contribution in [2.24, 2.45) is 0 Å². The van der Waals surface area contributed by atoms with Gasteiger partial charge in [-0.15, -0.1) is 0 Å². The number of carbonyl (C=O) groups is 1. The summed E-state index contributed by atoms with van der Waals surface area (Å²) < 4.78 is 0. The van der Waals surface area contributed by atoms with Crippen LogP contribution in [0.15, 0.2) is 30.6 Å². The molecule has 0 spiro atoms. The second-order valence-electron chi connectivity index (χ2n) is 3.74. The van der Waals surface area contributed by atoms with Crippen molar-refractivity contribution in [3.05, 3.63) is 41.7 Å². The summed E-state index contributed by atoms with van der Waals surface area (Å²) in [5.74, 6) is -0.153. The number of H-pyrrole nitrogens is 1. The summed E-state index contributed by atoms with van der Waals surface area (Å²) in [6, 6.07) is 5.70. The Balaban J connectivity index is 2.26. The van der Waals surface area contributed by atoms with Crippen molar-refractivity contribution in [3.63, 3.8) is 0 Å². The lowest BCUT2D eigenvalue weighted by atomic mass is 10.1. The van der Waals surface area contributed by atoms with Crippen LogP contribution in [0.3, 0.4) is 0 Å².